The number of benzene rings is 3. The Hall–Kier alpha value is -3.60. The number of carbonyl (C=O) groups is 2. The molecule has 4 rings (SSSR count). The molecule has 0 aliphatic carbocycles. The summed E-state index contributed by atoms with van der Waals surface area (Å²) in [7, 11) is 1.35. The van der Waals surface area contributed by atoms with Crippen molar-refractivity contribution in [3.8, 4) is 0 Å². The molecule has 1 atom stereocenters. The molecule has 0 spiro atoms. The van der Waals surface area contributed by atoms with E-state index in [4.69, 9.17) is 4.74 Å². The molecular formula is C22H18N2O3. The van der Waals surface area contributed by atoms with Gasteiger partial charge < -0.3 is 10.1 Å². The van der Waals surface area contributed by atoms with Crippen LogP contribution >= 0.6 is 0 Å². The van der Waals surface area contributed by atoms with Crippen molar-refractivity contribution >= 4 is 23.3 Å². The summed E-state index contributed by atoms with van der Waals surface area (Å²) in [5.74, 6) is -0.461. The van der Waals surface area contributed by atoms with E-state index in [-0.39, 0.29) is 18.0 Å². The zero-order valence-corrected chi connectivity index (χ0v) is 14.8. The topological polar surface area (TPSA) is 58.6 Å². The van der Waals surface area contributed by atoms with Crippen LogP contribution in [0.5, 0.6) is 0 Å². The fraction of sp³-hybridized carbons (Fsp3) is 0.0909. The predicted molar refractivity (Wildman–Crippen MR) is 104 cm³/mol. The Bertz CT molecular complexity index is 984. The molecule has 0 fully saturated rings. The molecule has 0 aromatic heterocycles. The van der Waals surface area contributed by atoms with Gasteiger partial charge in [-0.25, -0.2) is 4.79 Å². The van der Waals surface area contributed by atoms with E-state index in [1.807, 2.05) is 66.7 Å². The number of anilines is 2. The second-order valence-electron chi connectivity index (χ2n) is 6.22. The molecule has 3 aromatic rings. The summed E-state index contributed by atoms with van der Waals surface area (Å²) in [4.78, 5) is 26.7. The molecule has 1 aliphatic heterocycles. The number of fused-ring (bicyclic) bond motifs is 1. The fourth-order valence-corrected chi connectivity index (χ4v) is 3.26. The number of ether oxygens (including phenoxy) is 1. The molecule has 5 heteroatoms. The Kier molecular flexibility index (Phi) is 4.34. The maximum absolute atomic E-state index is 13.2. The first-order chi connectivity index (χ1) is 13.2. The van der Waals surface area contributed by atoms with Crippen LogP contribution in [0.4, 0.5) is 11.4 Å². The molecule has 1 amide bonds. The lowest BCUT2D eigenvalue weighted by Gasteiger charge is -2.38. The normalized spacial score (nSPS) is 15.7. The summed E-state index contributed by atoms with van der Waals surface area (Å²) in [5, 5.41) is 3.44. The maximum atomic E-state index is 13.2. The lowest BCUT2D eigenvalue weighted by Crippen LogP contribution is -2.43. The Morgan fingerprint density at radius 3 is 2.30 bits per heavy atom. The van der Waals surface area contributed by atoms with Gasteiger partial charge in [-0.15, -0.1) is 0 Å². The Morgan fingerprint density at radius 1 is 0.926 bits per heavy atom. The predicted octanol–water partition coefficient (Wildman–Crippen LogP) is 4.24. The minimum absolute atomic E-state index is 0.0717. The Morgan fingerprint density at radius 2 is 1.59 bits per heavy atom. The number of hydrogen-bond acceptors (Lipinski definition) is 4. The van der Waals surface area contributed by atoms with Gasteiger partial charge in [0.05, 0.1) is 18.2 Å². The molecule has 3 aromatic carbocycles. The first-order valence-electron chi connectivity index (χ1n) is 8.61. The van der Waals surface area contributed by atoms with Gasteiger partial charge in [-0.3, -0.25) is 9.69 Å². The lowest BCUT2D eigenvalue weighted by atomic mass is 10.0. The third-order valence-corrected chi connectivity index (χ3v) is 4.61. The number of nitrogens with zero attached hydrogens (tertiary/aromatic N) is 1. The summed E-state index contributed by atoms with van der Waals surface area (Å²) in [6, 6.07) is 24.1. The highest BCUT2D eigenvalue weighted by Crippen LogP contribution is 2.36. The third kappa shape index (κ3) is 3.04. The quantitative estimate of drug-likeness (QED) is 0.712. The van der Waals surface area contributed by atoms with Crippen molar-refractivity contribution in [2.75, 3.05) is 17.3 Å². The molecule has 27 heavy (non-hydrogen) atoms. The molecule has 134 valence electrons. The summed E-state index contributed by atoms with van der Waals surface area (Å²) < 4.78 is 4.76. The monoisotopic (exact) mass is 358 g/mol. The van der Waals surface area contributed by atoms with Gasteiger partial charge in [-0.1, -0.05) is 42.5 Å². The fourth-order valence-electron chi connectivity index (χ4n) is 3.26. The average molecular weight is 358 g/mol. The SMILES string of the molecule is COC(=O)c1ccc([C@H]2Nc3ccccc3C(=O)N2c2ccccc2)cc1. The minimum atomic E-state index is -0.389. The molecule has 1 N–H and O–H groups in total. The Balaban J connectivity index is 1.79. The highest BCUT2D eigenvalue weighted by Gasteiger charge is 2.33. The Labute approximate surface area is 157 Å². The van der Waals surface area contributed by atoms with Crippen LogP contribution in [0.25, 0.3) is 0 Å². The summed E-state index contributed by atoms with van der Waals surface area (Å²) in [6.07, 6.45) is -0.388. The summed E-state index contributed by atoms with van der Waals surface area (Å²) >= 11 is 0. The van der Waals surface area contributed by atoms with E-state index in [1.54, 1.807) is 17.0 Å². The third-order valence-electron chi connectivity index (χ3n) is 4.61. The van der Waals surface area contributed by atoms with Crippen LogP contribution in [-0.4, -0.2) is 19.0 Å². The van der Waals surface area contributed by atoms with E-state index >= 15 is 0 Å². The van der Waals surface area contributed by atoms with Gasteiger partial charge >= 0.3 is 5.97 Å². The second kappa shape index (κ2) is 6.96. The molecule has 1 aliphatic rings. The van der Waals surface area contributed by atoms with Crippen molar-refractivity contribution in [2.45, 2.75) is 6.17 Å². The van der Waals surface area contributed by atoms with Gasteiger partial charge in [-0.05, 0) is 42.0 Å². The highest BCUT2D eigenvalue weighted by atomic mass is 16.5. The smallest absolute Gasteiger partial charge is 0.337 e. The van der Waals surface area contributed by atoms with Crippen LogP contribution in [0.2, 0.25) is 0 Å². The molecular weight excluding hydrogens is 340 g/mol. The second-order valence-corrected chi connectivity index (χ2v) is 6.22. The molecule has 0 saturated carbocycles. The van der Waals surface area contributed by atoms with Gasteiger partial charge in [0, 0.05) is 11.4 Å². The molecule has 0 unspecified atom stereocenters. The summed E-state index contributed by atoms with van der Waals surface area (Å²) in [6.45, 7) is 0. The van der Waals surface area contributed by atoms with E-state index in [1.165, 1.54) is 7.11 Å². The van der Waals surface area contributed by atoms with Crippen molar-refractivity contribution in [3.63, 3.8) is 0 Å². The number of amides is 1. The first-order valence-corrected chi connectivity index (χ1v) is 8.61. The number of carbonyl (C=O) groups excluding carboxylic acids is 2. The van der Waals surface area contributed by atoms with E-state index in [0.717, 1.165) is 16.9 Å². The van der Waals surface area contributed by atoms with Crippen molar-refractivity contribution in [1.82, 2.24) is 0 Å². The van der Waals surface area contributed by atoms with E-state index in [2.05, 4.69) is 5.32 Å². The number of rotatable bonds is 3. The summed E-state index contributed by atoms with van der Waals surface area (Å²) in [5.41, 5.74) is 3.55. The lowest BCUT2D eigenvalue weighted by molar-refractivity contribution is 0.0600. The van der Waals surface area contributed by atoms with Crippen LogP contribution in [0.1, 0.15) is 32.4 Å². The number of methoxy groups -OCH3 is 1. The van der Waals surface area contributed by atoms with Crippen molar-refractivity contribution in [3.05, 3.63) is 95.6 Å². The largest absolute Gasteiger partial charge is 0.465 e. The van der Waals surface area contributed by atoms with Crippen molar-refractivity contribution in [1.29, 1.82) is 0 Å². The van der Waals surface area contributed by atoms with Crippen LogP contribution in [0.15, 0.2) is 78.9 Å². The van der Waals surface area contributed by atoms with E-state index < -0.39 is 0 Å². The van der Waals surface area contributed by atoms with Gasteiger partial charge in [-0.2, -0.15) is 0 Å². The standard InChI is InChI=1S/C22H18N2O3/c1-27-22(26)16-13-11-15(12-14-16)20-23-19-10-6-5-9-18(19)21(25)24(20)17-7-3-2-4-8-17/h2-14,20,23H,1H3/t20-/m0/s1. The van der Waals surface area contributed by atoms with Crippen LogP contribution in [-0.2, 0) is 4.74 Å². The number of para-hydroxylation sites is 2. The van der Waals surface area contributed by atoms with Crippen LogP contribution < -0.4 is 10.2 Å². The highest BCUT2D eigenvalue weighted by molar-refractivity contribution is 6.12. The van der Waals surface area contributed by atoms with Gasteiger partial charge in [0.15, 0.2) is 0 Å². The van der Waals surface area contributed by atoms with Crippen LogP contribution in [0, 0.1) is 0 Å². The van der Waals surface area contributed by atoms with E-state index in [9.17, 15) is 9.59 Å². The molecule has 5 nitrogen and oxygen atoms in total. The number of nitrogens with one attached hydrogen (secondary N) is 1. The van der Waals surface area contributed by atoms with Gasteiger partial charge in [0.1, 0.15) is 6.17 Å². The minimum Gasteiger partial charge on any atom is -0.465 e. The van der Waals surface area contributed by atoms with Gasteiger partial charge in [0.25, 0.3) is 5.91 Å². The molecule has 0 saturated heterocycles. The zero-order valence-electron chi connectivity index (χ0n) is 14.8. The van der Waals surface area contributed by atoms with Crippen molar-refractivity contribution in [2.24, 2.45) is 0 Å². The number of hydrogen-bond donors (Lipinski definition) is 1. The van der Waals surface area contributed by atoms with E-state index in [0.29, 0.717) is 11.1 Å². The zero-order chi connectivity index (χ0) is 18.8. The molecule has 0 radical (unpaired) electrons. The average Bonchev–Trinajstić information content (AvgIpc) is 2.74. The molecule has 1 heterocycles. The molecule has 0 bridgehead atoms. The van der Waals surface area contributed by atoms with Crippen LogP contribution in [0.3, 0.4) is 0 Å². The number of esters is 1. The van der Waals surface area contributed by atoms with Crippen molar-refractivity contribution < 1.29 is 14.3 Å². The van der Waals surface area contributed by atoms with Gasteiger partial charge in [0.2, 0.25) is 0 Å². The first kappa shape index (κ1) is 16.8. The maximum Gasteiger partial charge on any atom is 0.337 e.